The molecule has 1 amide bonds. The standard InChI is InChI=1S/C19H14ClFN4O2S/c1-11-9-16(22-17(26)10-27-13-7-5-12(21)6-8-13)25(24-11)19-23-18-14(20)3-2-4-15(18)28-19/h2-9H,10H2,1H3,(H,22,26). The molecule has 4 aromatic rings. The lowest BCUT2D eigenvalue weighted by atomic mass is 10.3. The molecular weight excluding hydrogens is 403 g/mol. The highest BCUT2D eigenvalue weighted by Crippen LogP contribution is 2.31. The molecule has 1 N–H and O–H groups in total. The van der Waals surface area contributed by atoms with Gasteiger partial charge in [-0.2, -0.15) is 9.78 Å². The van der Waals surface area contributed by atoms with Gasteiger partial charge in [0.2, 0.25) is 5.13 Å². The van der Waals surface area contributed by atoms with Gasteiger partial charge in [0.25, 0.3) is 5.91 Å². The first-order valence-electron chi connectivity index (χ1n) is 8.30. The van der Waals surface area contributed by atoms with E-state index in [-0.39, 0.29) is 18.3 Å². The monoisotopic (exact) mass is 416 g/mol. The summed E-state index contributed by atoms with van der Waals surface area (Å²) in [5, 5.41) is 8.32. The molecule has 0 saturated heterocycles. The number of carbonyl (C=O) groups is 1. The lowest BCUT2D eigenvalue weighted by molar-refractivity contribution is -0.118. The largest absolute Gasteiger partial charge is 0.484 e. The Bertz CT molecular complexity index is 1160. The van der Waals surface area contributed by atoms with Crippen LogP contribution in [0.2, 0.25) is 5.02 Å². The van der Waals surface area contributed by atoms with E-state index in [0.29, 0.717) is 27.2 Å². The van der Waals surface area contributed by atoms with Crippen LogP contribution in [0.3, 0.4) is 0 Å². The fourth-order valence-corrected chi connectivity index (χ4v) is 3.82. The number of halogens is 2. The molecule has 0 fully saturated rings. The second-order valence-corrected chi connectivity index (χ2v) is 7.37. The molecular formula is C19H14ClFN4O2S. The quantitative estimate of drug-likeness (QED) is 0.516. The van der Waals surface area contributed by atoms with Crippen molar-refractivity contribution in [1.29, 1.82) is 0 Å². The predicted molar refractivity (Wildman–Crippen MR) is 107 cm³/mol. The molecule has 0 radical (unpaired) electrons. The second-order valence-electron chi connectivity index (χ2n) is 5.96. The average Bonchev–Trinajstić information content (AvgIpc) is 3.25. The Morgan fingerprint density at radius 2 is 2.07 bits per heavy atom. The minimum Gasteiger partial charge on any atom is -0.484 e. The molecule has 2 aromatic heterocycles. The van der Waals surface area contributed by atoms with Gasteiger partial charge in [0.1, 0.15) is 22.9 Å². The first-order valence-corrected chi connectivity index (χ1v) is 9.49. The van der Waals surface area contributed by atoms with E-state index in [4.69, 9.17) is 16.3 Å². The first kappa shape index (κ1) is 18.4. The Hall–Kier alpha value is -2.97. The number of thiazole rings is 1. The van der Waals surface area contributed by atoms with Gasteiger partial charge in [0.15, 0.2) is 6.61 Å². The molecule has 9 heteroatoms. The van der Waals surface area contributed by atoms with Gasteiger partial charge >= 0.3 is 0 Å². The highest BCUT2D eigenvalue weighted by Gasteiger charge is 2.15. The minimum absolute atomic E-state index is 0.221. The van der Waals surface area contributed by atoms with Crippen molar-refractivity contribution < 1.29 is 13.9 Å². The average molecular weight is 417 g/mol. The molecule has 0 unspecified atom stereocenters. The number of aryl methyl sites for hydroxylation is 1. The lowest BCUT2D eigenvalue weighted by Crippen LogP contribution is -2.21. The van der Waals surface area contributed by atoms with Crippen molar-refractivity contribution in [2.45, 2.75) is 6.92 Å². The van der Waals surface area contributed by atoms with Crippen molar-refractivity contribution in [3.8, 4) is 10.9 Å². The molecule has 0 atom stereocenters. The number of aromatic nitrogens is 3. The maximum Gasteiger partial charge on any atom is 0.263 e. The van der Waals surface area contributed by atoms with Crippen LogP contribution in [0.4, 0.5) is 10.2 Å². The van der Waals surface area contributed by atoms with Crippen molar-refractivity contribution in [2.24, 2.45) is 0 Å². The van der Waals surface area contributed by atoms with E-state index in [2.05, 4.69) is 15.4 Å². The highest BCUT2D eigenvalue weighted by molar-refractivity contribution is 7.20. The van der Waals surface area contributed by atoms with Gasteiger partial charge in [0, 0.05) is 6.07 Å². The van der Waals surface area contributed by atoms with Crippen molar-refractivity contribution in [2.75, 3.05) is 11.9 Å². The van der Waals surface area contributed by atoms with Crippen LogP contribution in [0.1, 0.15) is 5.69 Å². The smallest absolute Gasteiger partial charge is 0.263 e. The maximum atomic E-state index is 12.9. The van der Waals surface area contributed by atoms with Gasteiger partial charge in [-0.25, -0.2) is 9.37 Å². The highest BCUT2D eigenvalue weighted by atomic mass is 35.5. The number of benzene rings is 2. The Labute approximate surface area is 168 Å². The SMILES string of the molecule is Cc1cc(NC(=O)COc2ccc(F)cc2)n(-c2nc3c(Cl)cccc3s2)n1. The van der Waals surface area contributed by atoms with Gasteiger partial charge in [-0.05, 0) is 43.3 Å². The fraction of sp³-hybridized carbons (Fsp3) is 0.105. The van der Waals surface area contributed by atoms with E-state index in [0.717, 1.165) is 10.4 Å². The van der Waals surface area contributed by atoms with Gasteiger partial charge in [-0.1, -0.05) is 29.0 Å². The Balaban J connectivity index is 1.53. The normalized spacial score (nSPS) is 11.0. The van der Waals surface area contributed by atoms with E-state index < -0.39 is 0 Å². The number of anilines is 1. The molecule has 142 valence electrons. The van der Waals surface area contributed by atoms with Gasteiger partial charge in [-0.15, -0.1) is 0 Å². The summed E-state index contributed by atoms with van der Waals surface area (Å²) in [4.78, 5) is 16.8. The number of amides is 1. The third-order valence-corrected chi connectivity index (χ3v) is 5.12. The zero-order chi connectivity index (χ0) is 19.7. The zero-order valence-electron chi connectivity index (χ0n) is 14.6. The number of hydrogen-bond donors (Lipinski definition) is 1. The molecule has 0 saturated carbocycles. The summed E-state index contributed by atoms with van der Waals surface area (Å²) < 4.78 is 20.8. The third kappa shape index (κ3) is 3.83. The Morgan fingerprint density at radius 1 is 1.29 bits per heavy atom. The summed E-state index contributed by atoms with van der Waals surface area (Å²) in [7, 11) is 0. The van der Waals surface area contributed by atoms with E-state index in [1.165, 1.54) is 35.6 Å². The fourth-order valence-electron chi connectivity index (χ4n) is 2.59. The molecule has 6 nitrogen and oxygen atoms in total. The minimum atomic E-state index is -0.371. The lowest BCUT2D eigenvalue weighted by Gasteiger charge is -2.08. The van der Waals surface area contributed by atoms with Crippen molar-refractivity contribution >= 4 is 44.9 Å². The number of carbonyl (C=O) groups excluding carboxylic acids is 1. The van der Waals surface area contributed by atoms with Crippen LogP contribution in [0.15, 0.2) is 48.5 Å². The van der Waals surface area contributed by atoms with Crippen LogP contribution < -0.4 is 10.1 Å². The molecule has 2 heterocycles. The van der Waals surface area contributed by atoms with Gasteiger partial charge in [-0.3, -0.25) is 4.79 Å². The first-order chi connectivity index (χ1) is 13.5. The molecule has 0 spiro atoms. The van der Waals surface area contributed by atoms with Crippen LogP contribution >= 0.6 is 22.9 Å². The van der Waals surface area contributed by atoms with Crippen molar-refractivity contribution in [3.63, 3.8) is 0 Å². The number of nitrogens with one attached hydrogen (secondary N) is 1. The summed E-state index contributed by atoms with van der Waals surface area (Å²) in [6.07, 6.45) is 0. The van der Waals surface area contributed by atoms with Crippen LogP contribution in [-0.4, -0.2) is 27.3 Å². The summed E-state index contributed by atoms with van der Waals surface area (Å²) in [6.45, 7) is 1.60. The van der Waals surface area contributed by atoms with E-state index in [1.807, 2.05) is 19.1 Å². The number of rotatable bonds is 5. The number of nitrogens with zero attached hydrogens (tertiary/aromatic N) is 3. The van der Waals surface area contributed by atoms with E-state index in [1.54, 1.807) is 16.8 Å². The molecule has 0 aliphatic heterocycles. The summed E-state index contributed by atoms with van der Waals surface area (Å²) in [5.41, 5.74) is 1.41. The van der Waals surface area contributed by atoms with Crippen molar-refractivity contribution in [3.05, 3.63) is 65.1 Å². The molecule has 0 aliphatic carbocycles. The molecule has 2 aromatic carbocycles. The number of para-hydroxylation sites is 1. The number of ether oxygens (including phenoxy) is 1. The van der Waals surface area contributed by atoms with Crippen LogP contribution in [-0.2, 0) is 4.79 Å². The third-order valence-electron chi connectivity index (χ3n) is 3.82. The summed E-state index contributed by atoms with van der Waals surface area (Å²) in [6, 6.07) is 12.8. The number of fused-ring (bicyclic) bond motifs is 1. The second kappa shape index (κ2) is 7.57. The van der Waals surface area contributed by atoms with Gasteiger partial charge < -0.3 is 10.1 Å². The van der Waals surface area contributed by atoms with Gasteiger partial charge in [0.05, 0.1) is 15.4 Å². The van der Waals surface area contributed by atoms with E-state index in [9.17, 15) is 9.18 Å². The van der Waals surface area contributed by atoms with Crippen molar-refractivity contribution in [1.82, 2.24) is 14.8 Å². The molecule has 0 aliphatic rings. The molecule has 4 rings (SSSR count). The van der Waals surface area contributed by atoms with Crippen LogP contribution in [0.5, 0.6) is 5.75 Å². The Kier molecular flexibility index (Phi) is 4.97. The summed E-state index contributed by atoms with van der Waals surface area (Å²) in [5.74, 6) is 0.138. The van der Waals surface area contributed by atoms with E-state index >= 15 is 0 Å². The topological polar surface area (TPSA) is 69.0 Å². The molecule has 0 bridgehead atoms. The maximum absolute atomic E-state index is 12.9. The summed E-state index contributed by atoms with van der Waals surface area (Å²) >= 11 is 7.62. The zero-order valence-corrected chi connectivity index (χ0v) is 16.2. The Morgan fingerprint density at radius 3 is 2.82 bits per heavy atom. The van der Waals surface area contributed by atoms with Crippen LogP contribution in [0, 0.1) is 12.7 Å². The predicted octanol–water partition coefficient (Wildman–Crippen LogP) is 4.60. The number of hydrogen-bond acceptors (Lipinski definition) is 5. The molecule has 28 heavy (non-hydrogen) atoms. The van der Waals surface area contributed by atoms with Crippen LogP contribution in [0.25, 0.3) is 15.3 Å².